The second-order valence-electron chi connectivity index (χ2n) is 9.97. The molecule has 4 saturated carbocycles. The summed E-state index contributed by atoms with van der Waals surface area (Å²) >= 11 is 5.94. The lowest BCUT2D eigenvalue weighted by atomic mass is 9.44. The summed E-state index contributed by atoms with van der Waals surface area (Å²) in [4.78, 5) is 25.3. The van der Waals surface area contributed by atoms with Crippen molar-refractivity contribution in [2.24, 2.45) is 0 Å². The third-order valence-electron chi connectivity index (χ3n) is 7.52. The van der Waals surface area contributed by atoms with Gasteiger partial charge in [-0.05, 0) is 61.8 Å². The van der Waals surface area contributed by atoms with E-state index in [4.69, 9.17) is 16.3 Å². The smallest absolute Gasteiger partial charge is 0.479 e. The molecule has 0 radical (unpaired) electrons. The Kier molecular flexibility index (Phi) is 4.64. The molecule has 180 valence electrons. The van der Waals surface area contributed by atoms with Gasteiger partial charge in [-0.1, -0.05) is 11.6 Å². The molecule has 2 bridgehead atoms. The van der Waals surface area contributed by atoms with Crippen LogP contribution in [0, 0.1) is 0 Å². The van der Waals surface area contributed by atoms with Gasteiger partial charge in [-0.3, -0.25) is 19.0 Å². The van der Waals surface area contributed by atoms with Gasteiger partial charge in [-0.15, -0.1) is 13.2 Å². The number of rotatable bonds is 5. The Morgan fingerprint density at radius 2 is 2.00 bits per heavy atom. The number of nitrogens with zero attached hydrogens (tertiary/aromatic N) is 2. The summed E-state index contributed by atoms with van der Waals surface area (Å²) < 4.78 is 48.7. The van der Waals surface area contributed by atoms with E-state index in [0.29, 0.717) is 48.4 Å². The van der Waals surface area contributed by atoms with E-state index in [-0.39, 0.29) is 35.1 Å². The zero-order chi connectivity index (χ0) is 23.9. The highest BCUT2D eigenvalue weighted by molar-refractivity contribution is 6.31. The van der Waals surface area contributed by atoms with Crippen LogP contribution in [0.4, 0.5) is 13.2 Å². The lowest BCUT2D eigenvalue weighted by Gasteiger charge is -2.70. The van der Waals surface area contributed by atoms with Crippen LogP contribution in [-0.4, -0.2) is 45.6 Å². The highest BCUT2D eigenvalue weighted by Gasteiger charge is 2.70. The van der Waals surface area contributed by atoms with Crippen molar-refractivity contribution in [2.45, 2.75) is 74.1 Å². The number of halogens is 4. The minimum absolute atomic E-state index is 0.0147. The van der Waals surface area contributed by atoms with Crippen molar-refractivity contribution in [3.8, 4) is 5.75 Å². The molecule has 1 aliphatic heterocycles. The summed E-state index contributed by atoms with van der Waals surface area (Å²) in [5.41, 5.74) is 0.790. The van der Waals surface area contributed by atoms with E-state index >= 15 is 0 Å². The second kappa shape index (κ2) is 7.21. The van der Waals surface area contributed by atoms with Crippen LogP contribution in [-0.2, 0) is 15.1 Å². The number of ketones is 1. The molecule has 2 heterocycles. The van der Waals surface area contributed by atoms with Crippen molar-refractivity contribution in [2.75, 3.05) is 0 Å². The number of carbonyl (C=O) groups excluding carboxylic acids is 2. The first-order valence-corrected chi connectivity index (χ1v) is 11.5. The van der Waals surface area contributed by atoms with Crippen LogP contribution in [0.1, 0.15) is 60.4 Å². The fraction of sp³-hybridized carbons (Fsp3) is 0.522. The molecule has 34 heavy (non-hydrogen) atoms. The number of alkyl halides is 3. The van der Waals surface area contributed by atoms with Crippen molar-refractivity contribution < 1.29 is 32.2 Å². The molecular weight excluding hydrogens is 475 g/mol. The molecule has 7 rings (SSSR count). The van der Waals surface area contributed by atoms with E-state index in [2.05, 4.69) is 15.2 Å². The number of fused-ring (bicyclic) bond motifs is 1. The summed E-state index contributed by atoms with van der Waals surface area (Å²) in [7, 11) is 0. The van der Waals surface area contributed by atoms with E-state index < -0.39 is 18.6 Å². The Labute approximate surface area is 197 Å². The highest BCUT2D eigenvalue weighted by Crippen LogP contribution is 2.65. The summed E-state index contributed by atoms with van der Waals surface area (Å²) in [6.07, 6.45) is 0.101. The van der Waals surface area contributed by atoms with Crippen LogP contribution in [0.3, 0.4) is 0 Å². The fourth-order valence-corrected chi connectivity index (χ4v) is 6.00. The topological polar surface area (TPSA) is 82.5 Å². The maximum atomic E-state index is 12.8. The molecule has 1 atom stereocenters. The molecule has 1 aromatic heterocycles. The first-order chi connectivity index (χ1) is 16.0. The molecule has 2 aromatic rings. The molecule has 5 aliphatic rings. The first-order valence-electron chi connectivity index (χ1n) is 11.1. The summed E-state index contributed by atoms with van der Waals surface area (Å²) in [5, 5.41) is 7.95. The molecule has 11 heteroatoms. The Hall–Kier alpha value is -2.59. The maximum absolute atomic E-state index is 12.8. The zero-order valence-corrected chi connectivity index (χ0v) is 18.7. The predicted molar refractivity (Wildman–Crippen MR) is 113 cm³/mol. The van der Waals surface area contributed by atoms with Crippen molar-refractivity contribution >= 4 is 23.3 Å². The maximum Gasteiger partial charge on any atom is 0.522 e. The van der Waals surface area contributed by atoms with Gasteiger partial charge in [0.15, 0.2) is 11.9 Å². The molecule has 4 fully saturated rings. The number of Topliss-reactive ketones (excluding diaryl/α,β-unsaturated/α-hetero) is 1. The number of hydrogen-bond donors (Lipinski definition) is 1. The number of nitrogens with one attached hydrogen (secondary N) is 1. The van der Waals surface area contributed by atoms with E-state index in [9.17, 15) is 22.8 Å². The van der Waals surface area contributed by atoms with E-state index in [0.717, 1.165) is 5.56 Å². The molecular formula is C23H21ClF3N3O4. The van der Waals surface area contributed by atoms with E-state index in [1.54, 1.807) is 24.4 Å². The van der Waals surface area contributed by atoms with Crippen LogP contribution in [0.15, 0.2) is 30.6 Å². The average Bonchev–Trinajstić information content (AvgIpc) is 3.14. The number of carbonyl (C=O) groups is 2. The SMILES string of the molecule is O=C1C[C@H](C(=O)NC23CC(n4cc(C5CC(OC(F)(F)F)C5)cn4)(C2)C3)Oc2ccc(Cl)cc21. The Morgan fingerprint density at radius 3 is 2.71 bits per heavy atom. The Balaban J connectivity index is 1.03. The molecule has 1 amide bonds. The third-order valence-corrected chi connectivity index (χ3v) is 7.76. The lowest BCUT2D eigenvalue weighted by molar-refractivity contribution is -0.351. The monoisotopic (exact) mass is 495 g/mol. The van der Waals surface area contributed by atoms with Crippen LogP contribution in [0.2, 0.25) is 5.02 Å². The largest absolute Gasteiger partial charge is 0.522 e. The minimum Gasteiger partial charge on any atom is -0.479 e. The van der Waals surface area contributed by atoms with Gasteiger partial charge in [0.2, 0.25) is 0 Å². The Morgan fingerprint density at radius 1 is 1.26 bits per heavy atom. The van der Waals surface area contributed by atoms with Gasteiger partial charge < -0.3 is 10.1 Å². The van der Waals surface area contributed by atoms with Crippen LogP contribution in [0.5, 0.6) is 5.75 Å². The number of aromatic nitrogens is 2. The normalized spacial score (nSPS) is 33.6. The molecule has 0 spiro atoms. The fourth-order valence-electron chi connectivity index (χ4n) is 5.82. The number of amides is 1. The molecule has 0 unspecified atom stereocenters. The van der Waals surface area contributed by atoms with Crippen molar-refractivity contribution in [1.82, 2.24) is 15.1 Å². The highest BCUT2D eigenvalue weighted by atomic mass is 35.5. The standard InChI is InChI=1S/C23H21ClF3N3O4/c24-14-1-2-18-16(5-14)17(31)6-19(33-18)20(32)29-21-9-22(10-21,11-21)30-8-13(7-28-30)12-3-15(4-12)34-23(25,26)27/h1-2,5,7-8,12,15,19H,3-4,6,9-11H2,(H,29,32)/t12?,15?,19-,21?,22?/m1/s1. The van der Waals surface area contributed by atoms with Gasteiger partial charge in [0.1, 0.15) is 5.75 Å². The average molecular weight is 496 g/mol. The molecule has 7 nitrogen and oxygen atoms in total. The van der Waals surface area contributed by atoms with Crippen molar-refractivity contribution in [1.29, 1.82) is 0 Å². The van der Waals surface area contributed by atoms with Crippen LogP contribution >= 0.6 is 11.6 Å². The summed E-state index contributed by atoms with van der Waals surface area (Å²) in [6.45, 7) is 0. The number of ether oxygens (including phenoxy) is 2. The number of hydrogen-bond acceptors (Lipinski definition) is 5. The molecule has 1 aromatic carbocycles. The quantitative estimate of drug-likeness (QED) is 0.675. The molecule has 1 N–H and O–H groups in total. The Bertz CT molecular complexity index is 1170. The minimum atomic E-state index is -4.60. The molecule has 0 saturated heterocycles. The third kappa shape index (κ3) is 3.58. The summed E-state index contributed by atoms with van der Waals surface area (Å²) in [5.74, 6) is -0.117. The van der Waals surface area contributed by atoms with Gasteiger partial charge in [0.25, 0.3) is 5.91 Å². The lowest BCUT2D eigenvalue weighted by Crippen LogP contribution is -2.79. The van der Waals surface area contributed by atoms with Gasteiger partial charge in [0, 0.05) is 16.8 Å². The predicted octanol–water partition coefficient (Wildman–Crippen LogP) is 4.10. The van der Waals surface area contributed by atoms with E-state index in [1.165, 1.54) is 0 Å². The van der Waals surface area contributed by atoms with Crippen molar-refractivity contribution in [3.05, 3.63) is 46.7 Å². The van der Waals surface area contributed by atoms with Gasteiger partial charge in [-0.25, -0.2) is 0 Å². The van der Waals surface area contributed by atoms with Crippen molar-refractivity contribution in [3.63, 3.8) is 0 Å². The molecule has 4 aliphatic carbocycles. The number of benzene rings is 1. The summed E-state index contributed by atoms with van der Waals surface area (Å²) in [6, 6.07) is 4.76. The first kappa shape index (κ1) is 21.9. The van der Waals surface area contributed by atoms with Crippen LogP contribution in [0.25, 0.3) is 0 Å². The van der Waals surface area contributed by atoms with Gasteiger partial charge >= 0.3 is 6.36 Å². The zero-order valence-electron chi connectivity index (χ0n) is 17.9. The second-order valence-corrected chi connectivity index (χ2v) is 10.4. The van der Waals surface area contributed by atoms with Gasteiger partial charge in [-0.2, -0.15) is 5.10 Å². The van der Waals surface area contributed by atoms with Gasteiger partial charge in [0.05, 0.1) is 29.8 Å². The van der Waals surface area contributed by atoms with Crippen LogP contribution < -0.4 is 10.1 Å². The van der Waals surface area contributed by atoms with E-state index in [1.807, 2.05) is 10.9 Å².